The molecule has 0 unspecified atom stereocenters. The van der Waals surface area contributed by atoms with Crippen LogP contribution in [0.3, 0.4) is 0 Å². The lowest BCUT2D eigenvalue weighted by atomic mass is 9.81. The molecular formula is C19H23FN4O. The van der Waals surface area contributed by atoms with Crippen LogP contribution in [0.5, 0.6) is 0 Å². The molecule has 0 bridgehead atoms. The molecule has 1 aromatic carbocycles. The van der Waals surface area contributed by atoms with E-state index in [1.54, 1.807) is 24.4 Å². The number of hydrogen-bond donors (Lipinski definition) is 1. The second-order valence-electron chi connectivity index (χ2n) is 6.82. The minimum atomic E-state index is -0.525. The smallest absolute Gasteiger partial charge is 0.227 e. The Bertz CT molecular complexity index is 767. The summed E-state index contributed by atoms with van der Waals surface area (Å²) in [6.07, 6.45) is 3.45. The summed E-state index contributed by atoms with van der Waals surface area (Å²) in [5, 5.41) is 2.90. The number of amides is 1. The SMILES string of the molecule is Cc1nccc(N2CCC[C@@](C)(C(=O)NCc3ccccc3F)C2)n1. The van der Waals surface area contributed by atoms with Crippen molar-refractivity contribution in [2.75, 3.05) is 18.0 Å². The third-order valence-electron chi connectivity index (χ3n) is 4.73. The minimum absolute atomic E-state index is 0.0498. The van der Waals surface area contributed by atoms with Crippen LogP contribution in [0, 0.1) is 18.2 Å². The first kappa shape index (κ1) is 17.3. The van der Waals surface area contributed by atoms with Gasteiger partial charge in [0.2, 0.25) is 5.91 Å². The van der Waals surface area contributed by atoms with E-state index in [4.69, 9.17) is 0 Å². The summed E-state index contributed by atoms with van der Waals surface area (Å²) >= 11 is 0. The summed E-state index contributed by atoms with van der Waals surface area (Å²) in [5.74, 6) is 1.22. The van der Waals surface area contributed by atoms with Gasteiger partial charge in [-0.2, -0.15) is 0 Å². The number of hydrogen-bond acceptors (Lipinski definition) is 4. The first-order chi connectivity index (χ1) is 12.0. The van der Waals surface area contributed by atoms with Crippen LogP contribution in [0.25, 0.3) is 0 Å². The summed E-state index contributed by atoms with van der Waals surface area (Å²) in [6, 6.07) is 8.38. The van der Waals surface area contributed by atoms with Gasteiger partial charge in [0.05, 0.1) is 5.41 Å². The zero-order valence-electron chi connectivity index (χ0n) is 14.6. The molecule has 0 saturated carbocycles. The Morgan fingerprint density at radius 1 is 1.36 bits per heavy atom. The van der Waals surface area contributed by atoms with Crippen LogP contribution in [-0.4, -0.2) is 29.0 Å². The molecule has 1 amide bonds. The standard InChI is InChI=1S/C19H23FN4O/c1-14-21-10-8-17(23-14)24-11-5-9-19(2,13-24)18(25)22-12-15-6-3-4-7-16(15)20/h3-4,6-8,10H,5,9,11-13H2,1-2H3,(H,22,25)/t19-/m1/s1. The highest BCUT2D eigenvalue weighted by molar-refractivity contribution is 5.83. The maximum atomic E-state index is 13.7. The summed E-state index contributed by atoms with van der Waals surface area (Å²) in [4.78, 5) is 23.5. The molecule has 1 aliphatic heterocycles. The molecule has 1 aromatic heterocycles. The maximum Gasteiger partial charge on any atom is 0.227 e. The molecule has 1 aliphatic rings. The fourth-order valence-electron chi connectivity index (χ4n) is 3.27. The van der Waals surface area contributed by atoms with Crippen LogP contribution in [0.2, 0.25) is 0 Å². The molecule has 6 heteroatoms. The minimum Gasteiger partial charge on any atom is -0.355 e. The van der Waals surface area contributed by atoms with Crippen molar-refractivity contribution in [2.45, 2.75) is 33.2 Å². The van der Waals surface area contributed by atoms with Crippen molar-refractivity contribution in [3.8, 4) is 0 Å². The van der Waals surface area contributed by atoms with Crippen molar-refractivity contribution in [3.05, 3.63) is 53.7 Å². The number of nitrogens with one attached hydrogen (secondary N) is 1. The largest absolute Gasteiger partial charge is 0.355 e. The fraction of sp³-hybridized carbons (Fsp3) is 0.421. The molecular weight excluding hydrogens is 319 g/mol. The van der Waals surface area contributed by atoms with Gasteiger partial charge < -0.3 is 10.2 Å². The van der Waals surface area contributed by atoms with Crippen LogP contribution in [0.4, 0.5) is 10.2 Å². The van der Waals surface area contributed by atoms with Crippen LogP contribution in [0.1, 0.15) is 31.2 Å². The molecule has 1 N–H and O–H groups in total. The maximum absolute atomic E-state index is 13.7. The molecule has 2 aromatic rings. The number of benzene rings is 1. The van der Waals surface area contributed by atoms with Gasteiger partial charge in [0.25, 0.3) is 0 Å². The van der Waals surface area contributed by atoms with Gasteiger partial charge in [-0.25, -0.2) is 14.4 Å². The lowest BCUT2D eigenvalue weighted by Gasteiger charge is -2.40. The number of carbonyl (C=O) groups excluding carboxylic acids is 1. The average Bonchev–Trinajstić information content (AvgIpc) is 2.61. The highest BCUT2D eigenvalue weighted by Crippen LogP contribution is 2.32. The molecule has 132 valence electrons. The Kier molecular flexibility index (Phi) is 4.97. The molecule has 25 heavy (non-hydrogen) atoms. The van der Waals surface area contributed by atoms with Crippen molar-refractivity contribution in [2.24, 2.45) is 5.41 Å². The zero-order valence-corrected chi connectivity index (χ0v) is 14.6. The van der Waals surface area contributed by atoms with Gasteiger partial charge >= 0.3 is 0 Å². The number of rotatable bonds is 4. The second-order valence-corrected chi connectivity index (χ2v) is 6.82. The average molecular weight is 342 g/mol. The third kappa shape index (κ3) is 3.95. The Labute approximate surface area is 147 Å². The zero-order chi connectivity index (χ0) is 17.9. The van der Waals surface area contributed by atoms with Gasteiger partial charge in [-0.15, -0.1) is 0 Å². The molecule has 3 rings (SSSR count). The summed E-state index contributed by atoms with van der Waals surface area (Å²) < 4.78 is 13.7. The predicted molar refractivity (Wildman–Crippen MR) is 94.6 cm³/mol. The Morgan fingerprint density at radius 2 is 2.16 bits per heavy atom. The highest BCUT2D eigenvalue weighted by Gasteiger charge is 2.38. The van der Waals surface area contributed by atoms with Crippen molar-refractivity contribution >= 4 is 11.7 Å². The first-order valence-electron chi connectivity index (χ1n) is 8.54. The first-order valence-corrected chi connectivity index (χ1v) is 8.54. The van der Waals surface area contributed by atoms with Crippen molar-refractivity contribution in [3.63, 3.8) is 0 Å². The normalized spacial score (nSPS) is 20.4. The quantitative estimate of drug-likeness (QED) is 0.928. The van der Waals surface area contributed by atoms with E-state index in [1.807, 2.05) is 19.9 Å². The van der Waals surface area contributed by atoms with Crippen molar-refractivity contribution < 1.29 is 9.18 Å². The Hall–Kier alpha value is -2.50. The third-order valence-corrected chi connectivity index (χ3v) is 4.73. The number of piperidine rings is 1. The predicted octanol–water partition coefficient (Wildman–Crippen LogP) is 2.85. The van der Waals surface area contributed by atoms with Gasteiger partial charge in [-0.3, -0.25) is 4.79 Å². The van der Waals surface area contributed by atoms with Gasteiger partial charge in [0.1, 0.15) is 17.5 Å². The van der Waals surface area contributed by atoms with E-state index in [0.717, 1.165) is 25.2 Å². The van der Waals surface area contributed by atoms with E-state index in [2.05, 4.69) is 20.2 Å². The highest BCUT2D eigenvalue weighted by atomic mass is 19.1. The second kappa shape index (κ2) is 7.17. The molecule has 0 aliphatic carbocycles. The lowest BCUT2D eigenvalue weighted by molar-refractivity contribution is -0.130. The molecule has 0 spiro atoms. The number of anilines is 1. The van der Waals surface area contributed by atoms with E-state index >= 15 is 0 Å². The molecule has 1 saturated heterocycles. The van der Waals surface area contributed by atoms with E-state index in [1.165, 1.54) is 6.07 Å². The topological polar surface area (TPSA) is 58.1 Å². The number of carbonyl (C=O) groups is 1. The van der Waals surface area contributed by atoms with Gasteiger partial charge in [0, 0.05) is 31.4 Å². The van der Waals surface area contributed by atoms with E-state index in [-0.39, 0.29) is 18.3 Å². The summed E-state index contributed by atoms with van der Waals surface area (Å²) in [5.41, 5.74) is -0.0268. The summed E-state index contributed by atoms with van der Waals surface area (Å²) in [6.45, 7) is 5.48. The lowest BCUT2D eigenvalue weighted by Crippen LogP contribution is -2.50. The van der Waals surface area contributed by atoms with Crippen LogP contribution < -0.4 is 10.2 Å². The Balaban J connectivity index is 1.67. The Morgan fingerprint density at radius 3 is 2.92 bits per heavy atom. The van der Waals surface area contributed by atoms with Crippen molar-refractivity contribution in [1.29, 1.82) is 0 Å². The van der Waals surface area contributed by atoms with Crippen LogP contribution in [0.15, 0.2) is 36.5 Å². The fourth-order valence-corrected chi connectivity index (χ4v) is 3.27. The molecule has 2 heterocycles. The van der Waals surface area contributed by atoms with Gasteiger partial charge in [-0.1, -0.05) is 18.2 Å². The number of halogens is 1. The number of aryl methyl sites for hydroxylation is 1. The molecule has 5 nitrogen and oxygen atoms in total. The van der Waals surface area contributed by atoms with Crippen molar-refractivity contribution in [1.82, 2.24) is 15.3 Å². The van der Waals surface area contributed by atoms with E-state index in [0.29, 0.717) is 17.9 Å². The number of aromatic nitrogens is 2. The molecule has 1 fully saturated rings. The van der Waals surface area contributed by atoms with Gasteiger partial charge in [0.15, 0.2) is 0 Å². The van der Waals surface area contributed by atoms with E-state index in [9.17, 15) is 9.18 Å². The summed E-state index contributed by atoms with van der Waals surface area (Å²) in [7, 11) is 0. The van der Waals surface area contributed by atoms with E-state index < -0.39 is 5.41 Å². The van der Waals surface area contributed by atoms with Crippen LogP contribution >= 0.6 is 0 Å². The molecule has 0 radical (unpaired) electrons. The monoisotopic (exact) mass is 342 g/mol. The number of nitrogens with zero attached hydrogens (tertiary/aromatic N) is 3. The molecule has 1 atom stereocenters. The van der Waals surface area contributed by atoms with Crippen LogP contribution in [-0.2, 0) is 11.3 Å². The van der Waals surface area contributed by atoms with Gasteiger partial charge in [-0.05, 0) is 38.8 Å².